The van der Waals surface area contributed by atoms with Gasteiger partial charge in [-0.15, -0.1) is 9.24 Å². The molecule has 1 unspecified atom stereocenters. The molecule has 0 heterocycles. The van der Waals surface area contributed by atoms with Crippen LogP contribution in [0.5, 0.6) is 0 Å². The van der Waals surface area contributed by atoms with Gasteiger partial charge in [0.2, 0.25) is 0 Å². The number of hydrogen-bond donors (Lipinski definition) is 1. The molecule has 1 atom stereocenters. The normalized spacial score (nSPS) is 11.1. The topological polar surface area (TPSA) is 54.4 Å². The quantitative estimate of drug-likeness (QED) is 0.230. The van der Waals surface area contributed by atoms with Gasteiger partial charge in [0.1, 0.15) is 0 Å². The molecule has 172 valence electrons. The first-order valence-corrected chi connectivity index (χ1v) is 14.3. The van der Waals surface area contributed by atoms with Crippen LogP contribution in [0.25, 0.3) is 0 Å². The third kappa shape index (κ3) is 7.63. The van der Waals surface area contributed by atoms with Crippen molar-refractivity contribution in [1.29, 1.82) is 0 Å². The van der Waals surface area contributed by atoms with Gasteiger partial charge in [-0.2, -0.15) is 8.42 Å². The molecule has 34 heavy (non-hydrogen) atoms. The monoisotopic (exact) mass is 504 g/mol. The molecule has 0 saturated carbocycles. The molecule has 0 aliphatic carbocycles. The third-order valence-electron chi connectivity index (χ3n) is 4.85. The summed E-state index contributed by atoms with van der Waals surface area (Å²) in [5.74, 6) is 3.67. The summed E-state index contributed by atoms with van der Waals surface area (Å²) in [7, 11) is -1.41. The van der Waals surface area contributed by atoms with Crippen molar-refractivity contribution < 1.29 is 13.0 Å². The van der Waals surface area contributed by atoms with Crippen LogP contribution in [0.4, 0.5) is 0 Å². The zero-order chi connectivity index (χ0) is 24.4. The fourth-order valence-electron chi connectivity index (χ4n) is 3.29. The average molecular weight is 505 g/mol. The SMILES string of the molecule is CS(=O)(=O)O.PC(C#CP(c1ccccc1)c1ccccc1)(c1ccccc1)c1ccccc1. The molecule has 0 amide bonds. The van der Waals surface area contributed by atoms with E-state index in [1.54, 1.807) is 0 Å². The van der Waals surface area contributed by atoms with Crippen molar-refractivity contribution in [3.8, 4) is 11.6 Å². The van der Waals surface area contributed by atoms with Gasteiger partial charge in [-0.1, -0.05) is 133 Å². The summed E-state index contributed by atoms with van der Waals surface area (Å²) < 4.78 is 25.9. The van der Waals surface area contributed by atoms with Crippen LogP contribution in [0.1, 0.15) is 11.1 Å². The highest BCUT2D eigenvalue weighted by atomic mass is 32.2. The van der Waals surface area contributed by atoms with Crippen LogP contribution in [0.15, 0.2) is 121 Å². The lowest BCUT2D eigenvalue weighted by molar-refractivity contribution is 0.490. The molecule has 0 fully saturated rings. The average Bonchev–Trinajstić information content (AvgIpc) is 2.85. The second-order valence-corrected chi connectivity index (χ2v) is 11.8. The highest BCUT2D eigenvalue weighted by molar-refractivity contribution is 7.85. The summed E-state index contributed by atoms with van der Waals surface area (Å²) >= 11 is 0. The van der Waals surface area contributed by atoms with Gasteiger partial charge in [0, 0.05) is 7.92 Å². The Labute approximate surface area is 206 Å². The summed E-state index contributed by atoms with van der Waals surface area (Å²) in [5.41, 5.74) is 6.04. The first-order valence-electron chi connectivity index (χ1n) is 10.5. The Balaban J connectivity index is 0.000000588. The molecule has 4 aromatic carbocycles. The van der Waals surface area contributed by atoms with Crippen LogP contribution in [0.2, 0.25) is 0 Å². The maximum Gasteiger partial charge on any atom is 0.261 e. The molecule has 4 aromatic rings. The smallest absolute Gasteiger partial charge is 0.261 e. The fourth-order valence-corrected chi connectivity index (χ4v) is 5.65. The van der Waals surface area contributed by atoms with E-state index in [-0.39, 0.29) is 0 Å². The maximum atomic E-state index is 9.19. The van der Waals surface area contributed by atoms with Crippen molar-refractivity contribution in [2.24, 2.45) is 0 Å². The first kappa shape index (κ1) is 25.8. The molecule has 0 aliphatic heterocycles. The zero-order valence-electron chi connectivity index (χ0n) is 18.7. The van der Waals surface area contributed by atoms with Gasteiger partial charge in [0.25, 0.3) is 10.1 Å². The van der Waals surface area contributed by atoms with E-state index in [0.717, 1.165) is 0 Å². The van der Waals surface area contributed by atoms with Gasteiger partial charge in [0.05, 0.1) is 11.4 Å². The summed E-state index contributed by atoms with van der Waals surface area (Å²) in [6.07, 6.45) is 0.715. The number of hydrogen-bond acceptors (Lipinski definition) is 2. The second-order valence-electron chi connectivity index (χ2n) is 7.52. The van der Waals surface area contributed by atoms with Gasteiger partial charge in [-0.05, 0) is 21.7 Å². The standard InChI is InChI=1S/C27H22P2.CH4O3S/c28-27(23-13-5-1-6-14-23,24-15-7-2-8-16-24)21-22-29(25-17-9-3-10-18-25)26-19-11-4-12-20-26;1-5(2,3)4/h1-20H,28H2;1H3,(H,2,3,4). The fraction of sp³-hybridized carbons (Fsp3) is 0.0714. The minimum absolute atomic E-state index is 0.452. The van der Waals surface area contributed by atoms with Crippen LogP contribution >= 0.6 is 17.2 Å². The van der Waals surface area contributed by atoms with E-state index in [1.165, 1.54) is 21.7 Å². The van der Waals surface area contributed by atoms with Gasteiger partial charge >= 0.3 is 0 Å². The summed E-state index contributed by atoms with van der Waals surface area (Å²) in [4.78, 5) is 0. The van der Waals surface area contributed by atoms with Crippen LogP contribution < -0.4 is 10.6 Å². The van der Waals surface area contributed by atoms with Crippen molar-refractivity contribution >= 4 is 37.9 Å². The Hall–Kier alpha value is -2.79. The van der Waals surface area contributed by atoms with Crippen LogP contribution in [0, 0.1) is 11.6 Å². The first-order chi connectivity index (χ1) is 16.3. The summed E-state index contributed by atoms with van der Waals surface area (Å²) in [6.45, 7) is 0. The molecule has 0 aromatic heterocycles. The highest BCUT2D eigenvalue weighted by Gasteiger charge is 2.27. The zero-order valence-corrected chi connectivity index (χ0v) is 21.6. The lowest BCUT2D eigenvalue weighted by Crippen LogP contribution is -2.18. The van der Waals surface area contributed by atoms with Gasteiger partial charge in [-0.25, -0.2) is 0 Å². The van der Waals surface area contributed by atoms with E-state index in [2.05, 4.69) is 130 Å². The Bertz CT molecular complexity index is 1250. The number of rotatable bonds is 4. The van der Waals surface area contributed by atoms with E-state index in [0.29, 0.717) is 6.26 Å². The summed E-state index contributed by atoms with van der Waals surface area (Å²) in [6, 6.07) is 42.3. The molecule has 0 bridgehead atoms. The maximum absolute atomic E-state index is 9.19. The van der Waals surface area contributed by atoms with Crippen LogP contribution in [0.3, 0.4) is 0 Å². The molecule has 4 rings (SSSR count). The molecule has 0 spiro atoms. The van der Waals surface area contributed by atoms with Crippen molar-refractivity contribution in [2.75, 3.05) is 6.26 Å². The Morgan fingerprint density at radius 1 is 0.676 bits per heavy atom. The molecule has 1 N–H and O–H groups in total. The second kappa shape index (κ2) is 12.1. The van der Waals surface area contributed by atoms with Crippen molar-refractivity contribution in [2.45, 2.75) is 5.16 Å². The van der Waals surface area contributed by atoms with Gasteiger partial charge < -0.3 is 0 Å². The third-order valence-corrected chi connectivity index (χ3v) is 7.63. The van der Waals surface area contributed by atoms with Crippen molar-refractivity contribution in [1.82, 2.24) is 0 Å². The van der Waals surface area contributed by atoms with E-state index in [4.69, 9.17) is 4.55 Å². The van der Waals surface area contributed by atoms with Crippen LogP contribution in [-0.2, 0) is 15.3 Å². The van der Waals surface area contributed by atoms with Gasteiger partial charge in [-0.3, -0.25) is 4.55 Å². The van der Waals surface area contributed by atoms with E-state index < -0.39 is 23.2 Å². The predicted octanol–water partition coefficient (Wildman–Crippen LogP) is 5.40. The van der Waals surface area contributed by atoms with Crippen molar-refractivity contribution in [3.05, 3.63) is 132 Å². The summed E-state index contributed by atoms with van der Waals surface area (Å²) in [5, 5.41) is 2.09. The highest BCUT2D eigenvalue weighted by Crippen LogP contribution is 2.40. The van der Waals surface area contributed by atoms with E-state index in [1.807, 2.05) is 12.1 Å². The van der Waals surface area contributed by atoms with Gasteiger partial charge in [0.15, 0.2) is 0 Å². The Morgan fingerprint density at radius 3 is 1.29 bits per heavy atom. The molecule has 6 heteroatoms. The van der Waals surface area contributed by atoms with Crippen molar-refractivity contribution in [3.63, 3.8) is 0 Å². The largest absolute Gasteiger partial charge is 0.286 e. The number of benzene rings is 4. The Kier molecular flexibility index (Phi) is 9.17. The molecule has 0 saturated heterocycles. The minimum atomic E-state index is -3.67. The lowest BCUT2D eigenvalue weighted by Gasteiger charge is -2.25. The van der Waals surface area contributed by atoms with Crippen LogP contribution in [-0.4, -0.2) is 19.2 Å². The van der Waals surface area contributed by atoms with E-state index >= 15 is 0 Å². The molecule has 3 nitrogen and oxygen atoms in total. The molecule has 0 aliphatic rings. The Morgan fingerprint density at radius 2 is 0.971 bits per heavy atom. The molecule has 0 radical (unpaired) electrons. The lowest BCUT2D eigenvalue weighted by atomic mass is 9.91. The molecular weight excluding hydrogens is 478 g/mol. The van der Waals surface area contributed by atoms with E-state index in [9.17, 15) is 8.42 Å². The predicted molar refractivity (Wildman–Crippen MR) is 148 cm³/mol. The minimum Gasteiger partial charge on any atom is -0.286 e. The molecular formula is C28H26O3P2S.